The fraction of sp³-hybridized carbons (Fsp3) is 0.348. The Morgan fingerprint density at radius 3 is 2.58 bits per heavy atom. The summed E-state index contributed by atoms with van der Waals surface area (Å²) in [5, 5.41) is 11.3. The zero-order valence-electron chi connectivity index (χ0n) is 17.9. The normalized spacial score (nSPS) is 18.5. The summed E-state index contributed by atoms with van der Waals surface area (Å²) in [7, 11) is 0. The summed E-state index contributed by atoms with van der Waals surface area (Å²) in [6.45, 7) is 4.03. The molecule has 162 valence electrons. The van der Waals surface area contributed by atoms with E-state index in [0.29, 0.717) is 11.5 Å². The number of carbonyl (C=O) groups excluding carboxylic acids is 1. The molecule has 2 heterocycles. The Bertz CT molecular complexity index is 1070. The van der Waals surface area contributed by atoms with Gasteiger partial charge in [0.2, 0.25) is 0 Å². The van der Waals surface area contributed by atoms with Gasteiger partial charge in [-0.05, 0) is 44.9 Å². The van der Waals surface area contributed by atoms with E-state index in [2.05, 4.69) is 20.7 Å². The van der Waals surface area contributed by atoms with Crippen molar-refractivity contribution in [3.63, 3.8) is 0 Å². The van der Waals surface area contributed by atoms with Crippen LogP contribution in [0.3, 0.4) is 0 Å². The van der Waals surface area contributed by atoms with E-state index >= 15 is 0 Å². The number of nitrogens with two attached hydrogens (primary N) is 2. The van der Waals surface area contributed by atoms with Gasteiger partial charge in [-0.25, -0.2) is 9.67 Å². The molecule has 1 saturated carbocycles. The highest BCUT2D eigenvalue weighted by Gasteiger charge is 2.22. The molecule has 1 aliphatic carbocycles. The summed E-state index contributed by atoms with van der Waals surface area (Å²) >= 11 is 0. The fourth-order valence-electron chi connectivity index (χ4n) is 4.01. The quantitative estimate of drug-likeness (QED) is 0.485. The van der Waals surface area contributed by atoms with Gasteiger partial charge in [0.15, 0.2) is 11.5 Å². The molecular weight excluding hydrogens is 390 g/mol. The van der Waals surface area contributed by atoms with Crippen LogP contribution in [0.5, 0.6) is 0 Å². The first-order valence-electron chi connectivity index (χ1n) is 10.6. The van der Waals surface area contributed by atoms with Crippen LogP contribution in [0.2, 0.25) is 0 Å². The lowest BCUT2D eigenvalue weighted by Crippen LogP contribution is -2.42. The number of hydrogen-bond donors (Lipinski definition) is 4. The number of nitrogens with zero attached hydrogens (tertiary/aromatic N) is 3. The van der Waals surface area contributed by atoms with Crippen molar-refractivity contribution in [1.82, 2.24) is 14.8 Å². The number of aryl methyl sites for hydroxylation is 2. The van der Waals surface area contributed by atoms with E-state index < -0.39 is 5.91 Å². The highest BCUT2D eigenvalue weighted by Crippen LogP contribution is 2.26. The molecule has 0 bridgehead atoms. The molecule has 31 heavy (non-hydrogen) atoms. The van der Waals surface area contributed by atoms with E-state index in [1.165, 1.54) is 5.56 Å². The first kappa shape index (κ1) is 20.9. The SMILES string of the molecule is Cc1ccc(-n2nc(Nc3cc(N[C@@H]4CCCC[C@@H]4N)cnc3C(N)=O)cc2C)cc1. The number of anilines is 3. The molecule has 1 aromatic carbocycles. The number of amides is 1. The fourth-order valence-corrected chi connectivity index (χ4v) is 4.01. The predicted octanol–water partition coefficient (Wildman–Crippen LogP) is 3.41. The predicted molar refractivity (Wildman–Crippen MR) is 123 cm³/mol. The maximum Gasteiger partial charge on any atom is 0.269 e. The molecule has 0 spiro atoms. The van der Waals surface area contributed by atoms with Gasteiger partial charge >= 0.3 is 0 Å². The van der Waals surface area contributed by atoms with Gasteiger partial charge in [-0.15, -0.1) is 5.10 Å². The minimum atomic E-state index is -0.599. The molecule has 0 radical (unpaired) electrons. The smallest absolute Gasteiger partial charge is 0.269 e. The highest BCUT2D eigenvalue weighted by atomic mass is 16.1. The van der Waals surface area contributed by atoms with Gasteiger partial charge in [-0.3, -0.25) is 4.79 Å². The van der Waals surface area contributed by atoms with Crippen molar-refractivity contribution >= 4 is 23.1 Å². The van der Waals surface area contributed by atoms with Gasteiger partial charge in [0, 0.05) is 23.8 Å². The number of rotatable bonds is 6. The van der Waals surface area contributed by atoms with E-state index in [9.17, 15) is 4.79 Å². The summed E-state index contributed by atoms with van der Waals surface area (Å²) in [6.07, 6.45) is 5.96. The van der Waals surface area contributed by atoms with Crippen molar-refractivity contribution in [3.05, 3.63) is 59.5 Å². The van der Waals surface area contributed by atoms with E-state index in [1.807, 2.05) is 54.9 Å². The van der Waals surface area contributed by atoms with E-state index in [1.54, 1.807) is 6.20 Å². The van der Waals surface area contributed by atoms with E-state index in [-0.39, 0.29) is 17.8 Å². The molecular formula is C23H29N7O. The number of pyridine rings is 1. The third-order valence-corrected chi connectivity index (χ3v) is 5.72. The van der Waals surface area contributed by atoms with Crippen LogP contribution in [0.25, 0.3) is 5.69 Å². The van der Waals surface area contributed by atoms with Crippen LogP contribution in [0.1, 0.15) is 47.4 Å². The number of benzene rings is 1. The summed E-state index contributed by atoms with van der Waals surface area (Å²) in [5.41, 5.74) is 16.4. The minimum absolute atomic E-state index is 0.105. The zero-order valence-corrected chi connectivity index (χ0v) is 17.9. The summed E-state index contributed by atoms with van der Waals surface area (Å²) in [5.74, 6) is 0.00648. The van der Waals surface area contributed by atoms with Crippen LogP contribution in [0.15, 0.2) is 42.6 Å². The Kier molecular flexibility index (Phi) is 5.90. The molecule has 4 rings (SSSR count). The van der Waals surface area contributed by atoms with E-state index in [0.717, 1.165) is 42.8 Å². The third kappa shape index (κ3) is 4.69. The Balaban J connectivity index is 1.60. The van der Waals surface area contributed by atoms with Crippen LogP contribution in [0, 0.1) is 13.8 Å². The van der Waals surface area contributed by atoms with Crippen LogP contribution in [-0.4, -0.2) is 32.8 Å². The highest BCUT2D eigenvalue weighted by molar-refractivity contribution is 5.97. The molecule has 0 unspecified atom stereocenters. The summed E-state index contributed by atoms with van der Waals surface area (Å²) in [4.78, 5) is 16.2. The molecule has 8 heteroatoms. The van der Waals surface area contributed by atoms with Gasteiger partial charge in [0.25, 0.3) is 5.91 Å². The molecule has 2 atom stereocenters. The Morgan fingerprint density at radius 2 is 1.87 bits per heavy atom. The number of hydrogen-bond acceptors (Lipinski definition) is 6. The third-order valence-electron chi connectivity index (χ3n) is 5.72. The second-order valence-electron chi connectivity index (χ2n) is 8.23. The molecule has 1 fully saturated rings. The van der Waals surface area contributed by atoms with Crippen LogP contribution < -0.4 is 22.1 Å². The second-order valence-corrected chi connectivity index (χ2v) is 8.23. The standard InChI is InChI=1S/C23H29N7O/c1-14-7-9-17(10-8-14)30-15(2)11-21(29-30)28-20-12-16(13-26-22(20)23(25)31)27-19-6-4-3-5-18(19)24/h7-13,18-19,27H,3-6,24H2,1-2H3,(H2,25,31)(H,28,29)/t18-,19+/m0/s1. The van der Waals surface area contributed by atoms with Gasteiger partial charge in [-0.1, -0.05) is 30.5 Å². The zero-order chi connectivity index (χ0) is 22.0. The van der Waals surface area contributed by atoms with Crippen molar-refractivity contribution in [2.45, 2.75) is 51.6 Å². The van der Waals surface area contributed by atoms with E-state index in [4.69, 9.17) is 11.5 Å². The van der Waals surface area contributed by atoms with Crippen LogP contribution >= 0.6 is 0 Å². The summed E-state index contributed by atoms with van der Waals surface area (Å²) in [6, 6.07) is 12.2. The Hall–Kier alpha value is -3.39. The lowest BCUT2D eigenvalue weighted by Gasteiger charge is -2.30. The summed E-state index contributed by atoms with van der Waals surface area (Å²) < 4.78 is 1.85. The Morgan fingerprint density at radius 1 is 1.13 bits per heavy atom. The number of nitrogens with one attached hydrogen (secondary N) is 2. The van der Waals surface area contributed by atoms with Crippen LogP contribution in [-0.2, 0) is 0 Å². The molecule has 1 aliphatic rings. The molecule has 1 amide bonds. The van der Waals surface area contributed by atoms with Crippen molar-refractivity contribution in [2.24, 2.45) is 11.5 Å². The lowest BCUT2D eigenvalue weighted by atomic mass is 9.91. The average molecular weight is 420 g/mol. The first-order chi connectivity index (χ1) is 14.9. The minimum Gasteiger partial charge on any atom is -0.379 e. The average Bonchev–Trinajstić information content (AvgIpc) is 3.10. The van der Waals surface area contributed by atoms with Gasteiger partial charge < -0.3 is 22.1 Å². The van der Waals surface area contributed by atoms with Gasteiger partial charge in [-0.2, -0.15) is 0 Å². The maximum atomic E-state index is 11.9. The largest absolute Gasteiger partial charge is 0.379 e. The maximum absolute atomic E-state index is 11.9. The van der Waals surface area contributed by atoms with Crippen molar-refractivity contribution in [2.75, 3.05) is 10.6 Å². The molecule has 0 aliphatic heterocycles. The molecule has 2 aromatic heterocycles. The van der Waals surface area contributed by atoms with Crippen LogP contribution in [0.4, 0.5) is 17.2 Å². The van der Waals surface area contributed by atoms with Crippen molar-refractivity contribution in [3.8, 4) is 5.69 Å². The first-order valence-corrected chi connectivity index (χ1v) is 10.6. The molecule has 3 aromatic rings. The lowest BCUT2D eigenvalue weighted by molar-refractivity contribution is 0.0996. The Labute approximate surface area is 182 Å². The number of carbonyl (C=O) groups is 1. The van der Waals surface area contributed by atoms with Crippen molar-refractivity contribution < 1.29 is 4.79 Å². The molecule has 0 saturated heterocycles. The van der Waals surface area contributed by atoms with Crippen molar-refractivity contribution in [1.29, 1.82) is 0 Å². The molecule has 6 N–H and O–H groups in total. The number of aromatic nitrogens is 3. The second kappa shape index (κ2) is 8.77. The number of primary amides is 1. The van der Waals surface area contributed by atoms with Gasteiger partial charge in [0.05, 0.1) is 23.3 Å². The van der Waals surface area contributed by atoms with Gasteiger partial charge in [0.1, 0.15) is 0 Å². The topological polar surface area (TPSA) is 124 Å². The monoisotopic (exact) mass is 419 g/mol. The molecule has 8 nitrogen and oxygen atoms in total.